The lowest BCUT2D eigenvalue weighted by Gasteiger charge is -2.32. The third kappa shape index (κ3) is 3.95. The zero-order valence-electron chi connectivity index (χ0n) is 17.4. The number of likely N-dealkylation sites (N-methyl/N-ethyl adjacent to an activating group) is 1. The highest BCUT2D eigenvalue weighted by atomic mass is 16.3. The van der Waals surface area contributed by atoms with Gasteiger partial charge in [-0.15, -0.1) is 0 Å². The predicted molar refractivity (Wildman–Crippen MR) is 121 cm³/mol. The van der Waals surface area contributed by atoms with Gasteiger partial charge >= 0.3 is 0 Å². The summed E-state index contributed by atoms with van der Waals surface area (Å²) in [7, 11) is 6.04. The normalized spacial score (nSPS) is 13.3. The molecule has 2 aromatic carbocycles. The Labute approximate surface area is 175 Å². The standard InChI is InChI=1S/C24H26N4O2/c1-28(2,3)21(14-17-15-26-23-19(17)8-6-10-22(23)29)24(30)25-12-11-18-13-16-7-4-5-9-20(16)27-18/h4-13,15,21,26-27H,14H2,1-3H3,(H-,25,29,30)/p+1. The number of carbonyl (C=O) groups excluding carboxylic acids is 1. The molecule has 0 spiro atoms. The number of benzene rings is 2. The number of hydrogen-bond acceptors (Lipinski definition) is 2. The Kier molecular flexibility index (Phi) is 5.10. The zero-order chi connectivity index (χ0) is 21.3. The fourth-order valence-electron chi connectivity index (χ4n) is 3.79. The maximum absolute atomic E-state index is 13.0. The van der Waals surface area contributed by atoms with E-state index in [4.69, 9.17) is 0 Å². The van der Waals surface area contributed by atoms with Gasteiger partial charge in [-0.05, 0) is 35.2 Å². The Balaban J connectivity index is 1.51. The second-order valence-corrected chi connectivity index (χ2v) is 8.50. The minimum atomic E-state index is -0.293. The Morgan fingerprint density at radius 1 is 1.17 bits per heavy atom. The number of nitrogens with one attached hydrogen (secondary N) is 3. The number of quaternary nitrogens is 1. The molecular weight excluding hydrogens is 376 g/mol. The van der Waals surface area contributed by atoms with Crippen molar-refractivity contribution in [1.29, 1.82) is 0 Å². The molecule has 1 unspecified atom stereocenters. The lowest BCUT2D eigenvalue weighted by atomic mass is 10.0. The van der Waals surface area contributed by atoms with Crippen LogP contribution in [0.4, 0.5) is 0 Å². The largest absolute Gasteiger partial charge is 0.506 e. The summed E-state index contributed by atoms with van der Waals surface area (Å²) in [5.74, 6) is 0.163. The van der Waals surface area contributed by atoms with Gasteiger partial charge in [-0.3, -0.25) is 4.79 Å². The molecule has 2 heterocycles. The van der Waals surface area contributed by atoms with Gasteiger partial charge < -0.3 is 24.9 Å². The van der Waals surface area contributed by atoms with E-state index in [9.17, 15) is 9.90 Å². The maximum atomic E-state index is 13.0. The minimum absolute atomic E-state index is 0.0515. The van der Waals surface area contributed by atoms with Crippen LogP contribution in [0, 0.1) is 0 Å². The van der Waals surface area contributed by atoms with Crippen LogP contribution in [0.25, 0.3) is 27.9 Å². The van der Waals surface area contributed by atoms with Crippen LogP contribution >= 0.6 is 0 Å². The number of phenols is 1. The highest BCUT2D eigenvalue weighted by Gasteiger charge is 2.32. The van der Waals surface area contributed by atoms with Crippen molar-refractivity contribution in [1.82, 2.24) is 15.3 Å². The minimum Gasteiger partial charge on any atom is -0.506 e. The molecule has 0 radical (unpaired) electrons. The number of aromatic amines is 2. The van der Waals surface area contributed by atoms with Crippen molar-refractivity contribution >= 4 is 33.8 Å². The molecule has 0 aliphatic rings. The number of fused-ring (bicyclic) bond motifs is 2. The van der Waals surface area contributed by atoms with Crippen LogP contribution < -0.4 is 5.32 Å². The molecule has 0 saturated heterocycles. The third-order valence-corrected chi connectivity index (χ3v) is 5.47. The number of aromatic nitrogens is 2. The van der Waals surface area contributed by atoms with Crippen LogP contribution in [0.15, 0.2) is 60.9 Å². The van der Waals surface area contributed by atoms with Crippen molar-refractivity contribution < 1.29 is 14.4 Å². The first-order valence-electron chi connectivity index (χ1n) is 9.96. The van der Waals surface area contributed by atoms with Crippen molar-refractivity contribution in [2.45, 2.75) is 12.5 Å². The van der Waals surface area contributed by atoms with E-state index in [1.165, 1.54) is 0 Å². The summed E-state index contributed by atoms with van der Waals surface area (Å²) in [4.78, 5) is 19.5. The molecule has 0 fully saturated rings. The van der Waals surface area contributed by atoms with Gasteiger partial charge in [-0.2, -0.15) is 0 Å². The summed E-state index contributed by atoms with van der Waals surface area (Å²) in [6.07, 6.45) is 5.99. The van der Waals surface area contributed by atoms with E-state index in [2.05, 4.69) is 15.3 Å². The number of para-hydroxylation sites is 2. The maximum Gasteiger partial charge on any atom is 0.282 e. The quantitative estimate of drug-likeness (QED) is 0.370. The number of aromatic hydroxyl groups is 1. The second kappa shape index (κ2) is 7.72. The van der Waals surface area contributed by atoms with Gasteiger partial charge in [0.25, 0.3) is 5.91 Å². The van der Waals surface area contributed by atoms with Gasteiger partial charge in [0.05, 0.1) is 26.7 Å². The van der Waals surface area contributed by atoms with Crippen molar-refractivity contribution in [3.05, 3.63) is 72.2 Å². The molecule has 6 heteroatoms. The van der Waals surface area contributed by atoms with Crippen LogP contribution in [0.3, 0.4) is 0 Å². The molecule has 0 saturated carbocycles. The Hall–Kier alpha value is -3.51. The summed E-state index contributed by atoms with van der Waals surface area (Å²) in [6, 6.07) is 15.3. The fourth-order valence-corrected chi connectivity index (χ4v) is 3.79. The Bertz CT molecular complexity index is 1190. The van der Waals surface area contributed by atoms with Gasteiger partial charge in [0.2, 0.25) is 0 Å². The number of nitrogens with zero attached hydrogens (tertiary/aromatic N) is 1. The number of carbonyl (C=O) groups is 1. The van der Waals surface area contributed by atoms with Crippen LogP contribution in [-0.2, 0) is 11.2 Å². The topological polar surface area (TPSA) is 80.9 Å². The number of hydrogen-bond donors (Lipinski definition) is 4. The summed E-state index contributed by atoms with van der Waals surface area (Å²) in [5.41, 5.74) is 3.71. The predicted octanol–water partition coefficient (Wildman–Crippen LogP) is 3.76. The average molecular weight is 404 g/mol. The highest BCUT2D eigenvalue weighted by Crippen LogP contribution is 2.27. The van der Waals surface area contributed by atoms with Gasteiger partial charge in [0, 0.05) is 35.4 Å². The highest BCUT2D eigenvalue weighted by molar-refractivity contribution is 5.89. The molecule has 30 heavy (non-hydrogen) atoms. The van der Waals surface area contributed by atoms with Gasteiger partial charge in [0.1, 0.15) is 5.75 Å². The monoisotopic (exact) mass is 403 g/mol. The van der Waals surface area contributed by atoms with Crippen molar-refractivity contribution in [3.63, 3.8) is 0 Å². The number of rotatable bonds is 6. The smallest absolute Gasteiger partial charge is 0.282 e. The summed E-state index contributed by atoms with van der Waals surface area (Å²) in [5, 5.41) is 15.1. The van der Waals surface area contributed by atoms with Gasteiger partial charge in [-0.25, -0.2) is 0 Å². The lowest BCUT2D eigenvalue weighted by Crippen LogP contribution is -2.54. The molecule has 0 aliphatic heterocycles. The Morgan fingerprint density at radius 3 is 2.73 bits per heavy atom. The molecular formula is C24H27N4O2+. The fraction of sp³-hybridized carbons (Fsp3) is 0.208. The first-order valence-corrected chi connectivity index (χ1v) is 9.96. The van der Waals surface area contributed by atoms with E-state index in [0.29, 0.717) is 16.4 Å². The molecule has 154 valence electrons. The van der Waals surface area contributed by atoms with E-state index < -0.39 is 0 Å². The molecule has 4 rings (SSSR count). The first kappa shape index (κ1) is 19.8. The molecule has 1 atom stereocenters. The summed E-state index contributed by atoms with van der Waals surface area (Å²) in [6.45, 7) is 0. The molecule has 1 amide bonds. The van der Waals surface area contributed by atoms with Crippen LogP contribution in [0.1, 0.15) is 11.3 Å². The van der Waals surface area contributed by atoms with Crippen molar-refractivity contribution in [3.8, 4) is 5.75 Å². The van der Waals surface area contributed by atoms with E-state index in [1.807, 2.05) is 75.9 Å². The molecule has 0 aliphatic carbocycles. The molecule has 6 nitrogen and oxygen atoms in total. The van der Waals surface area contributed by atoms with Crippen LogP contribution in [0.2, 0.25) is 0 Å². The third-order valence-electron chi connectivity index (χ3n) is 5.47. The van der Waals surface area contributed by atoms with Crippen molar-refractivity contribution in [2.75, 3.05) is 21.1 Å². The van der Waals surface area contributed by atoms with Crippen LogP contribution in [0.5, 0.6) is 5.75 Å². The number of phenolic OH excluding ortho intramolecular Hbond substituents is 1. The van der Waals surface area contributed by atoms with E-state index in [-0.39, 0.29) is 17.7 Å². The van der Waals surface area contributed by atoms with Gasteiger partial charge in [-0.1, -0.05) is 30.3 Å². The molecule has 2 aromatic heterocycles. The van der Waals surface area contributed by atoms with E-state index in [0.717, 1.165) is 27.5 Å². The average Bonchev–Trinajstić information content (AvgIpc) is 3.29. The zero-order valence-corrected chi connectivity index (χ0v) is 17.4. The SMILES string of the molecule is C[N+](C)(C)C(Cc1c[nH]c2c(O)cccc12)C(=O)NC=Cc1cc2ccccc2[nH]1. The van der Waals surface area contributed by atoms with Crippen LogP contribution in [-0.4, -0.2) is 52.6 Å². The Morgan fingerprint density at radius 2 is 1.97 bits per heavy atom. The van der Waals surface area contributed by atoms with E-state index in [1.54, 1.807) is 12.3 Å². The summed E-state index contributed by atoms with van der Waals surface area (Å²) < 4.78 is 0.484. The van der Waals surface area contributed by atoms with Gasteiger partial charge in [0.15, 0.2) is 6.04 Å². The summed E-state index contributed by atoms with van der Waals surface area (Å²) >= 11 is 0. The molecule has 0 bridgehead atoms. The van der Waals surface area contributed by atoms with E-state index >= 15 is 0 Å². The number of H-pyrrole nitrogens is 2. The lowest BCUT2D eigenvalue weighted by molar-refractivity contribution is -0.886. The number of amides is 1. The first-order chi connectivity index (χ1) is 14.3. The second-order valence-electron chi connectivity index (χ2n) is 8.50. The molecule has 4 aromatic rings. The van der Waals surface area contributed by atoms with Crippen molar-refractivity contribution in [2.24, 2.45) is 0 Å². The molecule has 4 N–H and O–H groups in total.